The van der Waals surface area contributed by atoms with E-state index in [0.29, 0.717) is 11.3 Å². The van der Waals surface area contributed by atoms with E-state index in [1.165, 1.54) is 0 Å². The molecule has 1 aromatic heterocycles. The van der Waals surface area contributed by atoms with Crippen LogP contribution in [0.1, 0.15) is 17.3 Å². The summed E-state index contributed by atoms with van der Waals surface area (Å²) in [4.78, 5) is 24.9. The number of nitrogens with zero attached hydrogens (tertiary/aromatic N) is 4. The summed E-state index contributed by atoms with van der Waals surface area (Å²) >= 11 is 0. The molecule has 1 saturated heterocycles. The van der Waals surface area contributed by atoms with E-state index >= 15 is 0 Å². The molecule has 1 aliphatic rings. The summed E-state index contributed by atoms with van der Waals surface area (Å²) in [5, 5.41) is 0. The molecule has 6 heteroatoms. The first-order valence-electron chi connectivity index (χ1n) is 7.83. The first-order chi connectivity index (χ1) is 11.3. The van der Waals surface area contributed by atoms with Crippen LogP contribution in [0.4, 0.5) is 0 Å². The first kappa shape index (κ1) is 15.4. The molecule has 1 aromatic carbocycles. The molecule has 0 atom stereocenters. The van der Waals surface area contributed by atoms with Crippen molar-refractivity contribution in [1.29, 1.82) is 0 Å². The molecular weight excluding hydrogens is 292 g/mol. The van der Waals surface area contributed by atoms with Crippen LogP contribution in [0.5, 0.6) is 11.8 Å². The summed E-state index contributed by atoms with van der Waals surface area (Å²) in [6.07, 6.45) is 3.23. The average molecular weight is 312 g/mol. The lowest BCUT2D eigenvalue weighted by Gasteiger charge is -2.34. The van der Waals surface area contributed by atoms with Gasteiger partial charge in [-0.25, -0.2) is 9.97 Å². The average Bonchev–Trinajstić information content (AvgIpc) is 2.62. The van der Waals surface area contributed by atoms with Crippen molar-refractivity contribution >= 4 is 5.91 Å². The Hall–Kier alpha value is -2.47. The molecule has 2 heterocycles. The lowest BCUT2D eigenvalue weighted by molar-refractivity contribution is 0.0643. The predicted octanol–water partition coefficient (Wildman–Crippen LogP) is 2.05. The number of ether oxygens (including phenoxy) is 1. The van der Waals surface area contributed by atoms with E-state index in [1.807, 2.05) is 17.0 Å². The molecule has 1 aliphatic heterocycles. The zero-order chi connectivity index (χ0) is 16.1. The molecule has 1 fully saturated rings. The highest BCUT2D eigenvalue weighted by Crippen LogP contribution is 2.20. The van der Waals surface area contributed by atoms with Crippen LogP contribution in [-0.2, 0) is 0 Å². The van der Waals surface area contributed by atoms with Gasteiger partial charge in [0.15, 0.2) is 0 Å². The van der Waals surface area contributed by atoms with Gasteiger partial charge in [0.05, 0.1) is 0 Å². The van der Waals surface area contributed by atoms with Gasteiger partial charge in [0.1, 0.15) is 5.75 Å². The van der Waals surface area contributed by atoms with Gasteiger partial charge in [-0.15, -0.1) is 0 Å². The predicted molar refractivity (Wildman–Crippen MR) is 86.6 cm³/mol. The van der Waals surface area contributed by atoms with Crippen molar-refractivity contribution in [2.45, 2.75) is 6.92 Å². The van der Waals surface area contributed by atoms with Gasteiger partial charge < -0.3 is 14.5 Å². The zero-order valence-electron chi connectivity index (χ0n) is 13.2. The van der Waals surface area contributed by atoms with E-state index in [-0.39, 0.29) is 11.9 Å². The second kappa shape index (κ2) is 7.19. The van der Waals surface area contributed by atoms with Crippen molar-refractivity contribution in [2.75, 3.05) is 32.7 Å². The van der Waals surface area contributed by atoms with Crippen LogP contribution in [0.2, 0.25) is 0 Å². The number of amides is 1. The van der Waals surface area contributed by atoms with Gasteiger partial charge in [-0.05, 0) is 30.8 Å². The summed E-state index contributed by atoms with van der Waals surface area (Å²) in [6, 6.07) is 9.16. The van der Waals surface area contributed by atoms with Crippen LogP contribution in [0.3, 0.4) is 0 Å². The topological polar surface area (TPSA) is 58.6 Å². The van der Waals surface area contributed by atoms with Crippen LogP contribution in [-0.4, -0.2) is 58.4 Å². The summed E-state index contributed by atoms with van der Waals surface area (Å²) < 4.78 is 5.59. The normalized spacial score (nSPS) is 15.4. The number of likely N-dealkylation sites (N-methyl/N-ethyl adjacent to an activating group) is 1. The minimum absolute atomic E-state index is 0.0418. The third kappa shape index (κ3) is 3.84. The number of rotatable bonds is 4. The molecule has 0 unspecified atom stereocenters. The number of carbonyl (C=O) groups is 1. The molecule has 0 saturated carbocycles. The van der Waals surface area contributed by atoms with Crippen molar-refractivity contribution in [3.05, 3.63) is 48.3 Å². The molecule has 0 aliphatic carbocycles. The van der Waals surface area contributed by atoms with E-state index in [2.05, 4.69) is 21.8 Å². The molecule has 0 spiro atoms. The molecule has 0 radical (unpaired) electrons. The quantitative estimate of drug-likeness (QED) is 0.865. The van der Waals surface area contributed by atoms with Crippen LogP contribution in [0.15, 0.2) is 42.7 Å². The monoisotopic (exact) mass is 312 g/mol. The molecule has 3 rings (SSSR count). The van der Waals surface area contributed by atoms with E-state index < -0.39 is 0 Å². The van der Waals surface area contributed by atoms with Gasteiger partial charge in [-0.1, -0.05) is 13.0 Å². The Morgan fingerprint density at radius 1 is 1.13 bits per heavy atom. The van der Waals surface area contributed by atoms with Crippen molar-refractivity contribution < 1.29 is 9.53 Å². The second-order valence-corrected chi connectivity index (χ2v) is 5.39. The van der Waals surface area contributed by atoms with E-state index in [4.69, 9.17) is 4.74 Å². The maximum Gasteiger partial charge on any atom is 0.321 e. The summed E-state index contributed by atoms with van der Waals surface area (Å²) in [7, 11) is 0. The number of benzene rings is 1. The molecule has 2 aromatic rings. The fourth-order valence-electron chi connectivity index (χ4n) is 2.59. The fraction of sp³-hybridized carbons (Fsp3) is 0.353. The Morgan fingerprint density at radius 2 is 1.87 bits per heavy atom. The minimum atomic E-state index is 0.0418. The third-order valence-electron chi connectivity index (χ3n) is 3.94. The van der Waals surface area contributed by atoms with Crippen molar-refractivity contribution in [3.63, 3.8) is 0 Å². The molecule has 1 amide bonds. The standard InChI is InChI=1S/C17H20N4O2/c1-2-20-9-11-21(12-10-20)16(22)14-5-3-6-15(13-14)23-17-18-7-4-8-19-17/h3-8,13H,2,9-12H2,1H3. The lowest BCUT2D eigenvalue weighted by atomic mass is 10.1. The fourth-order valence-corrected chi connectivity index (χ4v) is 2.59. The van der Waals surface area contributed by atoms with Crippen molar-refractivity contribution in [2.24, 2.45) is 0 Å². The van der Waals surface area contributed by atoms with Crippen LogP contribution >= 0.6 is 0 Å². The van der Waals surface area contributed by atoms with Gasteiger partial charge >= 0.3 is 6.01 Å². The third-order valence-corrected chi connectivity index (χ3v) is 3.94. The summed E-state index contributed by atoms with van der Waals surface area (Å²) in [5.74, 6) is 0.606. The van der Waals surface area contributed by atoms with Crippen LogP contribution in [0.25, 0.3) is 0 Å². The summed E-state index contributed by atoms with van der Waals surface area (Å²) in [6.45, 7) is 6.55. The van der Waals surface area contributed by atoms with E-state index in [0.717, 1.165) is 32.7 Å². The molecule has 0 N–H and O–H groups in total. The second-order valence-electron chi connectivity index (χ2n) is 5.39. The lowest BCUT2D eigenvalue weighted by Crippen LogP contribution is -2.48. The Labute approximate surface area is 135 Å². The van der Waals surface area contributed by atoms with Crippen LogP contribution < -0.4 is 4.74 Å². The highest BCUT2D eigenvalue weighted by atomic mass is 16.5. The van der Waals surface area contributed by atoms with E-state index in [9.17, 15) is 4.79 Å². The summed E-state index contributed by atoms with van der Waals surface area (Å²) in [5.41, 5.74) is 0.628. The smallest absolute Gasteiger partial charge is 0.321 e. The molecule has 23 heavy (non-hydrogen) atoms. The number of carbonyl (C=O) groups excluding carboxylic acids is 1. The minimum Gasteiger partial charge on any atom is -0.424 e. The Morgan fingerprint density at radius 3 is 2.57 bits per heavy atom. The van der Waals surface area contributed by atoms with Gasteiger partial charge in [0, 0.05) is 44.1 Å². The Balaban J connectivity index is 1.68. The highest BCUT2D eigenvalue weighted by molar-refractivity contribution is 5.94. The molecule has 6 nitrogen and oxygen atoms in total. The largest absolute Gasteiger partial charge is 0.424 e. The van der Waals surface area contributed by atoms with Crippen molar-refractivity contribution in [3.8, 4) is 11.8 Å². The van der Waals surface area contributed by atoms with Gasteiger partial charge in [0.25, 0.3) is 5.91 Å². The SMILES string of the molecule is CCN1CCN(C(=O)c2cccc(Oc3ncccn3)c2)CC1. The molecule has 0 bridgehead atoms. The molecule has 120 valence electrons. The number of aromatic nitrogens is 2. The maximum atomic E-state index is 12.6. The number of hydrogen-bond donors (Lipinski definition) is 0. The number of hydrogen-bond acceptors (Lipinski definition) is 5. The highest BCUT2D eigenvalue weighted by Gasteiger charge is 2.21. The van der Waals surface area contributed by atoms with Gasteiger partial charge in [-0.2, -0.15) is 0 Å². The zero-order valence-corrected chi connectivity index (χ0v) is 13.2. The Bertz CT molecular complexity index is 655. The Kier molecular flexibility index (Phi) is 4.83. The first-order valence-corrected chi connectivity index (χ1v) is 7.83. The van der Waals surface area contributed by atoms with Gasteiger partial charge in [0.2, 0.25) is 0 Å². The number of piperazine rings is 1. The maximum absolute atomic E-state index is 12.6. The van der Waals surface area contributed by atoms with Crippen LogP contribution in [0, 0.1) is 0 Å². The van der Waals surface area contributed by atoms with E-state index in [1.54, 1.807) is 30.6 Å². The van der Waals surface area contributed by atoms with Crippen molar-refractivity contribution in [1.82, 2.24) is 19.8 Å². The van der Waals surface area contributed by atoms with Gasteiger partial charge in [-0.3, -0.25) is 4.79 Å². The molecular formula is C17H20N4O2.